The van der Waals surface area contributed by atoms with Crippen LogP contribution in [0, 0.1) is 0 Å². The van der Waals surface area contributed by atoms with Gasteiger partial charge in [0.2, 0.25) is 11.9 Å². The van der Waals surface area contributed by atoms with E-state index in [-0.39, 0.29) is 17.9 Å². The Hall–Kier alpha value is -2.26. The van der Waals surface area contributed by atoms with Crippen LogP contribution in [0.2, 0.25) is 0 Å². The molecule has 0 aliphatic rings. The van der Waals surface area contributed by atoms with Gasteiger partial charge in [0.25, 0.3) is 0 Å². The Morgan fingerprint density at radius 1 is 1.13 bits per heavy atom. The third-order valence-electron chi connectivity index (χ3n) is 1.93. The fraction of sp³-hybridized carbons (Fsp3) is 0.600. The number of rotatable bonds is 3. The van der Waals surface area contributed by atoms with Crippen molar-refractivity contribution in [2.24, 2.45) is 0 Å². The van der Waals surface area contributed by atoms with Crippen molar-refractivity contribution in [3.05, 3.63) is 0 Å². The van der Waals surface area contributed by atoms with Crippen molar-refractivity contribution in [2.75, 3.05) is 11.5 Å². The summed E-state index contributed by atoms with van der Waals surface area (Å²) in [6, 6.07) is -0.0780. The Labute approximate surface area is 84.2 Å². The summed E-state index contributed by atoms with van der Waals surface area (Å²) in [6.07, 6.45) is 0. The largest absolute Gasteiger partial charge is 0.367 e. The van der Waals surface area contributed by atoms with Gasteiger partial charge < -0.3 is 11.5 Å². The van der Waals surface area contributed by atoms with Crippen LogP contribution in [0.4, 0.5) is 11.9 Å². The highest BCUT2D eigenvalue weighted by atomic mass is 15.6. The smallest absolute Gasteiger partial charge is 0.240 e. The fourth-order valence-corrected chi connectivity index (χ4v) is 1.18. The third kappa shape index (κ3) is 1.68. The normalized spacial score (nSPS) is 12.9. The SMILES string of the molecule is CC(Cn1nnnc1N)n1nnnc1N. The zero-order valence-corrected chi connectivity index (χ0v) is 8.02. The van der Waals surface area contributed by atoms with E-state index < -0.39 is 0 Å². The van der Waals surface area contributed by atoms with Gasteiger partial charge in [0, 0.05) is 0 Å². The van der Waals surface area contributed by atoms with Gasteiger partial charge in [-0.15, -0.1) is 0 Å². The fourth-order valence-electron chi connectivity index (χ4n) is 1.18. The molecule has 1 unspecified atom stereocenters. The maximum Gasteiger partial charge on any atom is 0.240 e. The summed E-state index contributed by atoms with van der Waals surface area (Å²) in [4.78, 5) is 0. The van der Waals surface area contributed by atoms with Gasteiger partial charge in [-0.3, -0.25) is 0 Å². The molecule has 0 aliphatic carbocycles. The second kappa shape index (κ2) is 3.48. The Kier molecular flexibility index (Phi) is 2.15. The molecule has 10 nitrogen and oxygen atoms in total. The molecule has 0 saturated carbocycles. The molecule has 0 aliphatic heterocycles. The first kappa shape index (κ1) is 9.30. The molecule has 1 atom stereocenters. The molecule has 0 spiro atoms. The molecular formula is C5H10N10. The number of hydrogen-bond donors (Lipinski definition) is 2. The van der Waals surface area contributed by atoms with Crippen LogP contribution >= 0.6 is 0 Å². The number of aromatic nitrogens is 8. The van der Waals surface area contributed by atoms with Gasteiger partial charge in [0.05, 0.1) is 12.6 Å². The molecule has 0 saturated heterocycles. The van der Waals surface area contributed by atoms with Crippen molar-refractivity contribution in [1.82, 2.24) is 40.4 Å². The van der Waals surface area contributed by atoms with Gasteiger partial charge in [-0.25, -0.2) is 9.36 Å². The van der Waals surface area contributed by atoms with E-state index in [2.05, 4.69) is 31.1 Å². The molecule has 2 aromatic rings. The Bertz CT molecular complexity index is 442. The van der Waals surface area contributed by atoms with E-state index in [0.29, 0.717) is 6.54 Å². The van der Waals surface area contributed by atoms with Crippen molar-refractivity contribution < 1.29 is 0 Å². The highest BCUT2D eigenvalue weighted by Gasteiger charge is 2.13. The van der Waals surface area contributed by atoms with Crippen LogP contribution in [-0.2, 0) is 6.54 Å². The number of tetrazole rings is 2. The van der Waals surface area contributed by atoms with Crippen molar-refractivity contribution in [3.8, 4) is 0 Å². The van der Waals surface area contributed by atoms with Crippen LogP contribution in [0.1, 0.15) is 13.0 Å². The molecular weight excluding hydrogens is 200 g/mol. The predicted octanol–water partition coefficient (Wildman–Crippen LogP) is -1.91. The van der Waals surface area contributed by atoms with E-state index in [9.17, 15) is 0 Å². The maximum absolute atomic E-state index is 5.54. The Balaban J connectivity index is 2.14. The van der Waals surface area contributed by atoms with Crippen LogP contribution in [0.15, 0.2) is 0 Å². The van der Waals surface area contributed by atoms with E-state index >= 15 is 0 Å². The van der Waals surface area contributed by atoms with Crippen molar-refractivity contribution in [1.29, 1.82) is 0 Å². The number of nitrogens with two attached hydrogens (primary N) is 2. The van der Waals surface area contributed by atoms with E-state index in [1.54, 1.807) is 0 Å². The molecule has 80 valence electrons. The van der Waals surface area contributed by atoms with Crippen molar-refractivity contribution in [3.63, 3.8) is 0 Å². The van der Waals surface area contributed by atoms with E-state index in [1.807, 2.05) is 6.92 Å². The summed E-state index contributed by atoms with van der Waals surface area (Å²) in [6.45, 7) is 2.34. The summed E-state index contributed by atoms with van der Waals surface area (Å²) in [5.41, 5.74) is 11.1. The summed E-state index contributed by atoms with van der Waals surface area (Å²) < 4.78 is 2.92. The number of nitrogens with zero attached hydrogens (tertiary/aromatic N) is 8. The summed E-state index contributed by atoms with van der Waals surface area (Å²) >= 11 is 0. The van der Waals surface area contributed by atoms with Gasteiger partial charge in [-0.1, -0.05) is 10.2 Å². The minimum Gasteiger partial charge on any atom is -0.367 e. The summed E-state index contributed by atoms with van der Waals surface area (Å²) in [7, 11) is 0. The topological polar surface area (TPSA) is 139 Å². The van der Waals surface area contributed by atoms with Gasteiger partial charge in [0.1, 0.15) is 0 Å². The molecule has 10 heteroatoms. The van der Waals surface area contributed by atoms with Gasteiger partial charge in [0.15, 0.2) is 0 Å². The van der Waals surface area contributed by atoms with E-state index in [4.69, 9.17) is 11.5 Å². The molecule has 0 bridgehead atoms. The molecule has 2 heterocycles. The van der Waals surface area contributed by atoms with Crippen LogP contribution in [0.3, 0.4) is 0 Å². The average Bonchev–Trinajstić information content (AvgIpc) is 2.76. The van der Waals surface area contributed by atoms with Crippen LogP contribution < -0.4 is 11.5 Å². The molecule has 0 fully saturated rings. The second-order valence-electron chi connectivity index (χ2n) is 3.05. The molecule has 2 aromatic heterocycles. The van der Waals surface area contributed by atoms with Crippen LogP contribution in [0.25, 0.3) is 0 Å². The molecule has 0 radical (unpaired) electrons. The monoisotopic (exact) mass is 210 g/mol. The van der Waals surface area contributed by atoms with Crippen LogP contribution in [0.5, 0.6) is 0 Å². The highest BCUT2D eigenvalue weighted by Crippen LogP contribution is 2.10. The van der Waals surface area contributed by atoms with Gasteiger partial charge in [-0.05, 0) is 27.8 Å². The molecule has 4 N–H and O–H groups in total. The number of nitrogen functional groups attached to an aromatic ring is 2. The second-order valence-corrected chi connectivity index (χ2v) is 3.05. The molecule has 15 heavy (non-hydrogen) atoms. The lowest BCUT2D eigenvalue weighted by Crippen LogP contribution is -2.18. The first-order valence-corrected chi connectivity index (χ1v) is 4.23. The standard InChI is InChI=1S/C5H10N10/c1-3(15-5(7)9-11-13-15)2-14-4(6)8-10-12-14/h3H,2H2,1H3,(H2,6,8,12)(H2,7,9,13). The zero-order valence-electron chi connectivity index (χ0n) is 8.02. The highest BCUT2D eigenvalue weighted by molar-refractivity contribution is 5.12. The first-order valence-electron chi connectivity index (χ1n) is 4.23. The average molecular weight is 210 g/mol. The lowest BCUT2D eigenvalue weighted by atomic mass is 10.3. The molecule has 0 aromatic carbocycles. The van der Waals surface area contributed by atoms with E-state index in [0.717, 1.165) is 0 Å². The lowest BCUT2D eigenvalue weighted by molar-refractivity contribution is 0.399. The number of anilines is 2. The molecule has 0 amide bonds. The summed E-state index contributed by atoms with van der Waals surface area (Å²) in [5, 5.41) is 21.4. The minimum absolute atomic E-state index is 0.0780. The zero-order chi connectivity index (χ0) is 10.8. The Morgan fingerprint density at radius 3 is 2.33 bits per heavy atom. The number of hydrogen-bond acceptors (Lipinski definition) is 8. The van der Waals surface area contributed by atoms with Gasteiger partial charge in [-0.2, -0.15) is 0 Å². The first-order chi connectivity index (χ1) is 7.18. The van der Waals surface area contributed by atoms with E-state index in [1.165, 1.54) is 9.36 Å². The maximum atomic E-state index is 5.54. The third-order valence-corrected chi connectivity index (χ3v) is 1.93. The van der Waals surface area contributed by atoms with Crippen LogP contribution in [-0.4, -0.2) is 40.4 Å². The van der Waals surface area contributed by atoms with Crippen molar-refractivity contribution >= 4 is 11.9 Å². The Morgan fingerprint density at radius 2 is 1.80 bits per heavy atom. The predicted molar refractivity (Wildman–Crippen MR) is 49.2 cm³/mol. The van der Waals surface area contributed by atoms with Crippen molar-refractivity contribution in [2.45, 2.75) is 19.5 Å². The summed E-state index contributed by atoms with van der Waals surface area (Å²) in [5.74, 6) is 0.489. The lowest BCUT2D eigenvalue weighted by Gasteiger charge is -2.11. The quantitative estimate of drug-likeness (QED) is 0.597. The molecule has 2 rings (SSSR count). The van der Waals surface area contributed by atoms with Gasteiger partial charge >= 0.3 is 0 Å². The minimum atomic E-state index is -0.0780.